The molecule has 2 heterocycles. The molecule has 0 saturated carbocycles. The number of anilines is 1. The normalized spacial score (nSPS) is 15.4. The number of nitrogens with zero attached hydrogens (tertiary/aromatic N) is 2. The van der Waals surface area contributed by atoms with E-state index in [-0.39, 0.29) is 29.8 Å². The van der Waals surface area contributed by atoms with Gasteiger partial charge in [-0.25, -0.2) is 17.8 Å². The molecular formula is C22H22FN3O4S2. The summed E-state index contributed by atoms with van der Waals surface area (Å²) >= 11 is 1.34. The van der Waals surface area contributed by atoms with Gasteiger partial charge in [0.1, 0.15) is 11.6 Å². The van der Waals surface area contributed by atoms with Gasteiger partial charge >= 0.3 is 0 Å². The first-order valence-corrected chi connectivity index (χ1v) is 12.4. The molecule has 10 heteroatoms. The number of ether oxygens (including phenoxy) is 1. The van der Waals surface area contributed by atoms with Crippen LogP contribution >= 0.6 is 11.3 Å². The van der Waals surface area contributed by atoms with E-state index in [1.165, 1.54) is 27.8 Å². The highest BCUT2D eigenvalue weighted by atomic mass is 32.2. The molecule has 1 aliphatic rings. The zero-order chi connectivity index (χ0) is 22.7. The second-order valence-corrected chi connectivity index (χ2v) is 10.2. The van der Waals surface area contributed by atoms with Crippen LogP contribution in [-0.4, -0.2) is 43.8 Å². The smallest absolute Gasteiger partial charge is 0.243 e. The lowest BCUT2D eigenvalue weighted by Crippen LogP contribution is -2.41. The molecule has 7 nitrogen and oxygen atoms in total. The Hall–Kier alpha value is -2.82. The monoisotopic (exact) mass is 475 g/mol. The summed E-state index contributed by atoms with van der Waals surface area (Å²) in [4.78, 5) is 17.2. The van der Waals surface area contributed by atoms with Crippen molar-refractivity contribution in [2.24, 2.45) is 5.92 Å². The number of aromatic nitrogens is 1. The number of sulfonamides is 1. The number of benzene rings is 2. The molecular weight excluding hydrogens is 453 g/mol. The third kappa shape index (κ3) is 4.82. The third-order valence-corrected chi connectivity index (χ3v) is 8.07. The molecule has 4 rings (SSSR count). The highest BCUT2D eigenvalue weighted by molar-refractivity contribution is 7.89. The van der Waals surface area contributed by atoms with Gasteiger partial charge in [0.25, 0.3) is 0 Å². The van der Waals surface area contributed by atoms with Crippen molar-refractivity contribution in [3.05, 3.63) is 59.7 Å². The molecule has 1 amide bonds. The van der Waals surface area contributed by atoms with E-state index in [0.717, 1.165) is 29.1 Å². The van der Waals surface area contributed by atoms with Crippen molar-refractivity contribution in [1.82, 2.24) is 9.29 Å². The summed E-state index contributed by atoms with van der Waals surface area (Å²) in [5.41, 5.74) is 1.68. The number of thiazole rings is 1. The van der Waals surface area contributed by atoms with Crippen LogP contribution in [0.15, 0.2) is 58.8 Å². The zero-order valence-corrected chi connectivity index (χ0v) is 19.0. The summed E-state index contributed by atoms with van der Waals surface area (Å²) in [7, 11) is -2.10. The maximum Gasteiger partial charge on any atom is 0.243 e. The SMILES string of the molecule is COc1ccc(-c2csc(NC(=O)C3CCN(S(=O)(=O)c4ccc(F)cc4)CC3)n2)cc1. The summed E-state index contributed by atoms with van der Waals surface area (Å²) in [6.45, 7) is 0.458. The molecule has 1 fully saturated rings. The largest absolute Gasteiger partial charge is 0.497 e. The summed E-state index contributed by atoms with van der Waals surface area (Å²) in [6.07, 6.45) is 0.811. The van der Waals surface area contributed by atoms with Gasteiger partial charge in [0.2, 0.25) is 15.9 Å². The predicted molar refractivity (Wildman–Crippen MR) is 121 cm³/mol. The van der Waals surface area contributed by atoms with Gasteiger partial charge in [-0.2, -0.15) is 4.31 Å². The van der Waals surface area contributed by atoms with E-state index in [2.05, 4.69) is 10.3 Å². The minimum Gasteiger partial charge on any atom is -0.497 e. The highest BCUT2D eigenvalue weighted by Crippen LogP contribution is 2.28. The van der Waals surface area contributed by atoms with Crippen LogP contribution in [0.3, 0.4) is 0 Å². The quantitative estimate of drug-likeness (QED) is 0.582. The Balaban J connectivity index is 1.35. The number of piperidine rings is 1. The Bertz CT molecular complexity index is 1190. The van der Waals surface area contributed by atoms with E-state index < -0.39 is 15.8 Å². The van der Waals surface area contributed by atoms with Crippen molar-refractivity contribution in [3.8, 4) is 17.0 Å². The van der Waals surface area contributed by atoms with E-state index in [1.54, 1.807) is 7.11 Å². The molecule has 1 saturated heterocycles. The van der Waals surface area contributed by atoms with E-state index in [9.17, 15) is 17.6 Å². The molecule has 1 N–H and O–H groups in total. The summed E-state index contributed by atoms with van der Waals surface area (Å²) < 4.78 is 45.1. The number of rotatable bonds is 6. The third-order valence-electron chi connectivity index (χ3n) is 5.40. The lowest BCUT2D eigenvalue weighted by atomic mass is 9.97. The minimum atomic E-state index is -3.70. The van der Waals surface area contributed by atoms with Gasteiger partial charge in [0.05, 0.1) is 17.7 Å². The molecule has 0 bridgehead atoms. The maximum atomic E-state index is 13.1. The average molecular weight is 476 g/mol. The van der Waals surface area contributed by atoms with Gasteiger partial charge in [0, 0.05) is 30.0 Å². The standard InChI is InChI=1S/C22H22FN3O4S2/c1-30-18-6-2-15(3-7-18)20-14-31-22(24-20)25-21(27)16-10-12-26(13-11-16)32(28,29)19-8-4-17(23)5-9-19/h2-9,14,16H,10-13H2,1H3,(H,24,25,27). The summed E-state index contributed by atoms with van der Waals surface area (Å²) in [5.74, 6) is -0.204. The molecule has 0 aliphatic carbocycles. The Morgan fingerprint density at radius 1 is 1.12 bits per heavy atom. The lowest BCUT2D eigenvalue weighted by molar-refractivity contribution is -0.120. The number of methoxy groups -OCH3 is 1. The van der Waals surface area contributed by atoms with E-state index in [4.69, 9.17) is 4.74 Å². The number of nitrogens with one attached hydrogen (secondary N) is 1. The van der Waals surface area contributed by atoms with Crippen molar-refractivity contribution in [3.63, 3.8) is 0 Å². The molecule has 0 atom stereocenters. The van der Waals surface area contributed by atoms with Gasteiger partial charge in [0.15, 0.2) is 5.13 Å². The molecule has 168 valence electrons. The van der Waals surface area contributed by atoms with Crippen molar-refractivity contribution < 1.29 is 22.3 Å². The Morgan fingerprint density at radius 3 is 2.41 bits per heavy atom. The number of hydrogen-bond acceptors (Lipinski definition) is 6. The Kier molecular flexibility index (Phi) is 6.54. The fraction of sp³-hybridized carbons (Fsp3) is 0.273. The zero-order valence-electron chi connectivity index (χ0n) is 17.3. The van der Waals surface area contributed by atoms with E-state index in [1.807, 2.05) is 29.6 Å². The number of carbonyl (C=O) groups is 1. The maximum absolute atomic E-state index is 13.1. The highest BCUT2D eigenvalue weighted by Gasteiger charge is 2.32. The second kappa shape index (κ2) is 9.35. The minimum absolute atomic E-state index is 0.0515. The molecule has 0 spiro atoms. The number of hydrogen-bond donors (Lipinski definition) is 1. The lowest BCUT2D eigenvalue weighted by Gasteiger charge is -2.30. The number of amides is 1. The van der Waals surface area contributed by atoms with Crippen LogP contribution in [0.5, 0.6) is 5.75 Å². The molecule has 0 unspecified atom stereocenters. The molecule has 0 radical (unpaired) electrons. The van der Waals surface area contributed by atoms with Crippen molar-refractivity contribution >= 4 is 32.4 Å². The number of halogens is 1. The number of carbonyl (C=O) groups excluding carboxylic acids is 1. The van der Waals surface area contributed by atoms with E-state index >= 15 is 0 Å². The van der Waals surface area contributed by atoms with Crippen LogP contribution < -0.4 is 10.1 Å². The Labute approximate surface area is 189 Å². The molecule has 3 aromatic rings. The fourth-order valence-corrected chi connectivity index (χ4v) is 5.74. The van der Waals surface area contributed by atoms with Crippen molar-refractivity contribution in [1.29, 1.82) is 0 Å². The van der Waals surface area contributed by atoms with Crippen LogP contribution in [0.4, 0.5) is 9.52 Å². The van der Waals surface area contributed by atoms with Crippen LogP contribution in [0.2, 0.25) is 0 Å². The van der Waals surface area contributed by atoms with Crippen molar-refractivity contribution in [2.45, 2.75) is 17.7 Å². The fourth-order valence-electron chi connectivity index (χ4n) is 3.55. The van der Waals surface area contributed by atoms with Crippen LogP contribution in [0.25, 0.3) is 11.3 Å². The van der Waals surface area contributed by atoms with Gasteiger partial charge in [-0.1, -0.05) is 0 Å². The van der Waals surface area contributed by atoms with Crippen molar-refractivity contribution in [2.75, 3.05) is 25.5 Å². The summed E-state index contributed by atoms with van der Waals surface area (Å²) in [5, 5.41) is 5.22. The molecule has 32 heavy (non-hydrogen) atoms. The summed E-state index contributed by atoms with van der Waals surface area (Å²) in [6, 6.07) is 12.3. The molecule has 1 aliphatic heterocycles. The first kappa shape index (κ1) is 22.4. The molecule has 2 aromatic carbocycles. The predicted octanol–water partition coefficient (Wildman–Crippen LogP) is 4.00. The van der Waals surface area contributed by atoms with Gasteiger partial charge in [-0.05, 0) is 61.4 Å². The van der Waals surface area contributed by atoms with Gasteiger partial charge in [-0.3, -0.25) is 4.79 Å². The Morgan fingerprint density at radius 2 is 1.78 bits per heavy atom. The van der Waals surface area contributed by atoms with Gasteiger partial charge in [-0.15, -0.1) is 11.3 Å². The second-order valence-electron chi connectivity index (χ2n) is 7.39. The van der Waals surface area contributed by atoms with Gasteiger partial charge < -0.3 is 10.1 Å². The van der Waals surface area contributed by atoms with Crippen LogP contribution in [-0.2, 0) is 14.8 Å². The topological polar surface area (TPSA) is 88.6 Å². The molecule has 1 aromatic heterocycles. The first-order chi connectivity index (χ1) is 15.4. The average Bonchev–Trinajstić information content (AvgIpc) is 3.28. The van der Waals surface area contributed by atoms with Crippen LogP contribution in [0, 0.1) is 11.7 Å². The first-order valence-electron chi connectivity index (χ1n) is 10.0. The van der Waals surface area contributed by atoms with Crippen LogP contribution in [0.1, 0.15) is 12.8 Å². The van der Waals surface area contributed by atoms with E-state index in [0.29, 0.717) is 18.0 Å².